The van der Waals surface area contributed by atoms with Crippen molar-refractivity contribution in [2.45, 2.75) is 44.9 Å². The monoisotopic (exact) mass is 326 g/mol. The molecule has 0 aromatic heterocycles. The van der Waals surface area contributed by atoms with Gasteiger partial charge in [0.25, 0.3) is 0 Å². The van der Waals surface area contributed by atoms with Crippen molar-refractivity contribution in [3.63, 3.8) is 0 Å². The molecule has 0 spiro atoms. The van der Waals surface area contributed by atoms with Crippen molar-refractivity contribution in [3.05, 3.63) is 23.3 Å². The topological polar surface area (TPSA) is 55.8 Å². The van der Waals surface area contributed by atoms with Crippen LogP contribution in [0.1, 0.15) is 43.2 Å². The van der Waals surface area contributed by atoms with Crippen molar-refractivity contribution in [2.75, 3.05) is 20.0 Å². The summed E-state index contributed by atoms with van der Waals surface area (Å²) in [7, 11) is 3.38. The highest BCUT2D eigenvalue weighted by atomic mass is 32.2. The summed E-state index contributed by atoms with van der Waals surface area (Å²) in [6, 6.07) is 4.15. The maximum Gasteiger partial charge on any atom is 0.164 e. The molecule has 1 aliphatic rings. The van der Waals surface area contributed by atoms with Crippen LogP contribution in [0.2, 0.25) is 0 Å². The van der Waals surface area contributed by atoms with Gasteiger partial charge in [-0.15, -0.1) is 0 Å². The Labute approximate surface area is 135 Å². The summed E-state index contributed by atoms with van der Waals surface area (Å²) in [5.41, 5.74) is 2.68. The van der Waals surface area contributed by atoms with Crippen LogP contribution >= 0.6 is 0 Å². The summed E-state index contributed by atoms with van der Waals surface area (Å²) in [6.07, 6.45) is 7.53. The summed E-state index contributed by atoms with van der Waals surface area (Å²) in [5, 5.41) is 0. The van der Waals surface area contributed by atoms with Crippen LogP contribution in [0.15, 0.2) is 12.1 Å². The van der Waals surface area contributed by atoms with Gasteiger partial charge in [-0.3, -0.25) is 0 Å². The molecule has 22 heavy (non-hydrogen) atoms. The van der Waals surface area contributed by atoms with Gasteiger partial charge in [-0.2, -0.15) is 0 Å². The van der Waals surface area contributed by atoms with Crippen molar-refractivity contribution in [3.8, 4) is 11.5 Å². The van der Waals surface area contributed by atoms with E-state index in [1.807, 2.05) is 6.07 Å². The predicted molar refractivity (Wildman–Crippen MR) is 89.2 cm³/mol. The van der Waals surface area contributed by atoms with Gasteiger partial charge in [0.2, 0.25) is 0 Å². The SMILES string of the molecule is COc1ccc2c(c1OC)CC(CCCCCS(=O)O)CC2. The Balaban J connectivity index is 1.91. The van der Waals surface area contributed by atoms with Gasteiger partial charge in [0.1, 0.15) is 0 Å². The summed E-state index contributed by atoms with van der Waals surface area (Å²) in [4.78, 5) is 0. The van der Waals surface area contributed by atoms with Crippen molar-refractivity contribution in [1.29, 1.82) is 0 Å². The molecular formula is C17H26O4S. The number of rotatable bonds is 8. The molecule has 2 atom stereocenters. The maximum atomic E-state index is 10.6. The van der Waals surface area contributed by atoms with Crippen LogP contribution in [0.5, 0.6) is 11.5 Å². The first-order chi connectivity index (χ1) is 10.7. The van der Waals surface area contributed by atoms with Gasteiger partial charge >= 0.3 is 0 Å². The van der Waals surface area contributed by atoms with Crippen molar-refractivity contribution in [2.24, 2.45) is 5.92 Å². The molecule has 1 aromatic carbocycles. The summed E-state index contributed by atoms with van der Waals surface area (Å²) < 4.78 is 30.3. The second kappa shape index (κ2) is 8.53. The highest BCUT2D eigenvalue weighted by molar-refractivity contribution is 7.79. The zero-order valence-electron chi connectivity index (χ0n) is 13.5. The molecule has 0 saturated heterocycles. The van der Waals surface area contributed by atoms with Gasteiger partial charge in [-0.05, 0) is 43.2 Å². The molecule has 124 valence electrons. The molecule has 5 heteroatoms. The lowest BCUT2D eigenvalue weighted by Crippen LogP contribution is -2.15. The number of unbranched alkanes of at least 4 members (excludes halogenated alkanes) is 2. The summed E-state index contributed by atoms with van der Waals surface area (Å²) >= 11 is -1.64. The van der Waals surface area contributed by atoms with E-state index in [2.05, 4.69) is 6.07 Å². The number of hydrogen-bond acceptors (Lipinski definition) is 3. The highest BCUT2D eigenvalue weighted by Crippen LogP contribution is 2.39. The van der Waals surface area contributed by atoms with E-state index in [4.69, 9.17) is 14.0 Å². The predicted octanol–water partition coefficient (Wildman–Crippen LogP) is 3.59. The fraction of sp³-hybridized carbons (Fsp3) is 0.647. The molecule has 1 aliphatic carbocycles. The number of methoxy groups -OCH3 is 2. The van der Waals surface area contributed by atoms with E-state index in [0.717, 1.165) is 43.6 Å². The second-order valence-corrected chi connectivity index (χ2v) is 6.97. The lowest BCUT2D eigenvalue weighted by atomic mass is 9.81. The first-order valence-electron chi connectivity index (χ1n) is 7.96. The minimum absolute atomic E-state index is 0.401. The van der Waals surface area contributed by atoms with Gasteiger partial charge in [0.15, 0.2) is 22.6 Å². The molecule has 0 amide bonds. The number of fused-ring (bicyclic) bond motifs is 1. The molecule has 0 heterocycles. The molecule has 0 radical (unpaired) electrons. The highest BCUT2D eigenvalue weighted by Gasteiger charge is 2.23. The van der Waals surface area contributed by atoms with E-state index in [9.17, 15) is 4.21 Å². The van der Waals surface area contributed by atoms with Crippen LogP contribution in [-0.2, 0) is 23.9 Å². The second-order valence-electron chi connectivity index (χ2n) is 5.92. The number of aryl methyl sites for hydroxylation is 1. The van der Waals surface area contributed by atoms with E-state index < -0.39 is 11.1 Å². The molecule has 1 N–H and O–H groups in total. The fourth-order valence-electron chi connectivity index (χ4n) is 3.32. The molecule has 0 aliphatic heterocycles. The quantitative estimate of drug-likeness (QED) is 0.586. The van der Waals surface area contributed by atoms with Crippen molar-refractivity contribution in [1.82, 2.24) is 0 Å². The van der Waals surface area contributed by atoms with Gasteiger partial charge in [0, 0.05) is 11.3 Å². The first kappa shape index (κ1) is 17.3. The Morgan fingerprint density at radius 2 is 2.05 bits per heavy atom. The molecule has 4 nitrogen and oxygen atoms in total. The van der Waals surface area contributed by atoms with Gasteiger partial charge < -0.3 is 14.0 Å². The Bertz CT molecular complexity index is 516. The summed E-state index contributed by atoms with van der Waals surface area (Å²) in [5.74, 6) is 2.78. The standard InChI is InChI=1S/C17H26O4S/c1-20-16-10-9-14-8-7-13(12-15(14)17(16)21-2)6-4-3-5-11-22(18)19/h9-10,13H,3-8,11-12H2,1-2H3,(H,18,19). The maximum absolute atomic E-state index is 10.6. The minimum atomic E-state index is -1.64. The van der Waals surface area contributed by atoms with Crippen LogP contribution in [0, 0.1) is 5.92 Å². The zero-order valence-corrected chi connectivity index (χ0v) is 14.3. The Hall–Kier alpha value is -1.07. The molecule has 2 unspecified atom stereocenters. The lowest BCUT2D eigenvalue weighted by Gasteiger charge is -2.27. The number of ether oxygens (including phenoxy) is 2. The van der Waals surface area contributed by atoms with Crippen LogP contribution < -0.4 is 9.47 Å². The normalized spacial score (nSPS) is 18.6. The minimum Gasteiger partial charge on any atom is -0.493 e. The molecule has 0 saturated carbocycles. The zero-order chi connectivity index (χ0) is 15.9. The lowest BCUT2D eigenvalue weighted by molar-refractivity contribution is 0.339. The average Bonchev–Trinajstić information content (AvgIpc) is 2.52. The van der Waals surface area contributed by atoms with E-state index in [0.29, 0.717) is 11.7 Å². The smallest absolute Gasteiger partial charge is 0.164 e. The number of hydrogen-bond donors (Lipinski definition) is 1. The van der Waals surface area contributed by atoms with E-state index in [1.54, 1.807) is 14.2 Å². The molecule has 0 fully saturated rings. The molecular weight excluding hydrogens is 300 g/mol. The van der Waals surface area contributed by atoms with Crippen LogP contribution in [0.3, 0.4) is 0 Å². The van der Waals surface area contributed by atoms with Crippen molar-refractivity contribution < 1.29 is 18.2 Å². The van der Waals surface area contributed by atoms with Gasteiger partial charge in [-0.1, -0.05) is 25.3 Å². The van der Waals surface area contributed by atoms with Gasteiger partial charge in [0.05, 0.1) is 14.2 Å². The average molecular weight is 326 g/mol. The van der Waals surface area contributed by atoms with Gasteiger partial charge in [-0.25, -0.2) is 4.21 Å². The van der Waals surface area contributed by atoms with Crippen LogP contribution in [-0.4, -0.2) is 28.7 Å². The molecule has 2 rings (SSSR count). The third kappa shape index (κ3) is 4.46. The summed E-state index contributed by atoms with van der Waals surface area (Å²) in [6.45, 7) is 0. The van der Waals surface area contributed by atoms with Crippen molar-refractivity contribution >= 4 is 11.1 Å². The third-order valence-electron chi connectivity index (χ3n) is 4.49. The Morgan fingerprint density at radius 1 is 1.23 bits per heavy atom. The van der Waals surface area contributed by atoms with Crippen LogP contribution in [0.4, 0.5) is 0 Å². The van der Waals surface area contributed by atoms with E-state index in [1.165, 1.54) is 24.0 Å². The third-order valence-corrected chi connectivity index (χ3v) is 5.13. The largest absolute Gasteiger partial charge is 0.493 e. The fourth-order valence-corrected chi connectivity index (χ4v) is 3.77. The van der Waals surface area contributed by atoms with E-state index in [-0.39, 0.29) is 0 Å². The molecule has 1 aromatic rings. The van der Waals surface area contributed by atoms with E-state index >= 15 is 0 Å². The Morgan fingerprint density at radius 3 is 2.73 bits per heavy atom. The Kier molecular flexibility index (Phi) is 6.70. The first-order valence-corrected chi connectivity index (χ1v) is 9.23. The number of benzene rings is 1. The molecule has 0 bridgehead atoms. The van der Waals surface area contributed by atoms with Crippen LogP contribution in [0.25, 0.3) is 0 Å².